The monoisotopic (exact) mass is 267 g/mol. The standard InChI is InChI=1S/C13H15F2N3O/c1-18-8-10(7-17-18)6-16-11-4-2-3-5-12(11)19-9-13(14)15/h2-5,7-8,13,16H,6,9H2,1H3. The van der Waals surface area contributed by atoms with Crippen LogP contribution in [0.5, 0.6) is 5.75 Å². The molecular formula is C13H15F2N3O. The highest BCUT2D eigenvalue weighted by molar-refractivity contribution is 5.56. The molecule has 1 heterocycles. The Morgan fingerprint density at radius 3 is 2.84 bits per heavy atom. The minimum Gasteiger partial charge on any atom is -0.485 e. The van der Waals surface area contributed by atoms with Crippen molar-refractivity contribution in [3.05, 3.63) is 42.2 Å². The Hall–Kier alpha value is -2.11. The molecule has 0 fully saturated rings. The fourth-order valence-electron chi connectivity index (χ4n) is 1.65. The molecule has 0 saturated heterocycles. The Balaban J connectivity index is 1.99. The van der Waals surface area contributed by atoms with Crippen molar-refractivity contribution in [3.8, 4) is 5.75 Å². The van der Waals surface area contributed by atoms with Gasteiger partial charge in [-0.25, -0.2) is 8.78 Å². The second-order valence-electron chi connectivity index (χ2n) is 4.07. The first-order valence-corrected chi connectivity index (χ1v) is 5.86. The summed E-state index contributed by atoms with van der Waals surface area (Å²) in [7, 11) is 1.84. The van der Waals surface area contributed by atoms with Crippen molar-refractivity contribution in [2.45, 2.75) is 13.0 Å². The summed E-state index contributed by atoms with van der Waals surface area (Å²) < 4.78 is 31.1. The second-order valence-corrected chi connectivity index (χ2v) is 4.07. The van der Waals surface area contributed by atoms with Crippen molar-refractivity contribution in [1.82, 2.24) is 9.78 Å². The van der Waals surface area contributed by atoms with E-state index in [1.54, 1.807) is 29.1 Å². The topological polar surface area (TPSA) is 39.1 Å². The summed E-state index contributed by atoms with van der Waals surface area (Å²) in [6.07, 6.45) is 1.15. The fourth-order valence-corrected chi connectivity index (χ4v) is 1.65. The molecule has 19 heavy (non-hydrogen) atoms. The lowest BCUT2D eigenvalue weighted by Crippen LogP contribution is -2.09. The number of aromatic nitrogens is 2. The second kappa shape index (κ2) is 6.17. The first kappa shape index (κ1) is 13.3. The van der Waals surface area contributed by atoms with Crippen molar-refractivity contribution in [3.63, 3.8) is 0 Å². The van der Waals surface area contributed by atoms with Crippen LogP contribution in [0.3, 0.4) is 0 Å². The van der Waals surface area contributed by atoms with Crippen LogP contribution in [0.2, 0.25) is 0 Å². The van der Waals surface area contributed by atoms with Crippen LogP contribution < -0.4 is 10.1 Å². The molecule has 102 valence electrons. The number of ether oxygens (including phenoxy) is 1. The van der Waals surface area contributed by atoms with E-state index in [0.717, 1.165) is 5.56 Å². The van der Waals surface area contributed by atoms with Gasteiger partial charge in [0.05, 0.1) is 11.9 Å². The molecule has 0 saturated carbocycles. The van der Waals surface area contributed by atoms with Crippen molar-refractivity contribution >= 4 is 5.69 Å². The predicted octanol–water partition coefficient (Wildman–Crippen LogP) is 2.68. The highest BCUT2D eigenvalue weighted by atomic mass is 19.3. The Morgan fingerprint density at radius 1 is 1.37 bits per heavy atom. The van der Waals surface area contributed by atoms with Gasteiger partial charge in [0.25, 0.3) is 6.43 Å². The van der Waals surface area contributed by atoms with Crippen molar-refractivity contribution < 1.29 is 13.5 Å². The molecule has 0 radical (unpaired) electrons. The molecule has 1 aromatic heterocycles. The number of alkyl halides is 2. The van der Waals surface area contributed by atoms with E-state index in [4.69, 9.17) is 4.74 Å². The summed E-state index contributed by atoms with van der Waals surface area (Å²) in [6, 6.07) is 7.02. The molecule has 1 aromatic carbocycles. The molecule has 1 N–H and O–H groups in total. The molecule has 0 unspecified atom stereocenters. The van der Waals surface area contributed by atoms with Gasteiger partial charge in [-0.2, -0.15) is 5.10 Å². The van der Waals surface area contributed by atoms with Crippen molar-refractivity contribution in [2.75, 3.05) is 11.9 Å². The normalized spacial score (nSPS) is 10.7. The van der Waals surface area contributed by atoms with E-state index >= 15 is 0 Å². The van der Waals surface area contributed by atoms with Crippen LogP contribution in [0.4, 0.5) is 14.5 Å². The Labute approximate surface area is 110 Å². The third-order valence-corrected chi connectivity index (χ3v) is 2.49. The van der Waals surface area contributed by atoms with Crippen LogP contribution >= 0.6 is 0 Å². The maximum Gasteiger partial charge on any atom is 0.272 e. The molecule has 2 aromatic rings. The van der Waals surface area contributed by atoms with Gasteiger partial charge in [-0.05, 0) is 12.1 Å². The van der Waals surface area contributed by atoms with Gasteiger partial charge < -0.3 is 10.1 Å². The van der Waals surface area contributed by atoms with Crippen LogP contribution in [0.25, 0.3) is 0 Å². The van der Waals surface area contributed by atoms with Crippen LogP contribution in [0.15, 0.2) is 36.7 Å². The zero-order valence-electron chi connectivity index (χ0n) is 10.5. The van der Waals surface area contributed by atoms with Crippen LogP contribution in [0, 0.1) is 0 Å². The van der Waals surface area contributed by atoms with E-state index in [9.17, 15) is 8.78 Å². The highest BCUT2D eigenvalue weighted by Gasteiger charge is 2.07. The average molecular weight is 267 g/mol. The first-order chi connectivity index (χ1) is 9.15. The first-order valence-electron chi connectivity index (χ1n) is 5.86. The molecular weight excluding hydrogens is 252 g/mol. The number of halogens is 2. The van der Waals surface area contributed by atoms with Gasteiger partial charge in [0.1, 0.15) is 12.4 Å². The third-order valence-electron chi connectivity index (χ3n) is 2.49. The summed E-state index contributed by atoms with van der Waals surface area (Å²) in [5.74, 6) is 0.423. The van der Waals surface area contributed by atoms with Gasteiger partial charge in [0.2, 0.25) is 0 Å². The number of nitrogens with zero attached hydrogens (tertiary/aromatic N) is 2. The summed E-state index contributed by atoms with van der Waals surface area (Å²) in [6.45, 7) is -0.0471. The van der Waals surface area contributed by atoms with Crippen LogP contribution in [-0.2, 0) is 13.6 Å². The zero-order valence-corrected chi connectivity index (χ0v) is 10.5. The van der Waals surface area contributed by atoms with E-state index in [1.807, 2.05) is 19.3 Å². The Morgan fingerprint density at radius 2 is 2.16 bits per heavy atom. The molecule has 0 aliphatic carbocycles. The number of benzene rings is 1. The maximum absolute atomic E-state index is 12.1. The number of rotatable bonds is 6. The number of aryl methyl sites for hydroxylation is 1. The molecule has 0 aliphatic rings. The zero-order chi connectivity index (χ0) is 13.7. The number of hydrogen-bond acceptors (Lipinski definition) is 3. The fraction of sp³-hybridized carbons (Fsp3) is 0.308. The summed E-state index contributed by atoms with van der Waals surface area (Å²) in [5, 5.41) is 7.20. The lowest BCUT2D eigenvalue weighted by atomic mass is 10.2. The predicted molar refractivity (Wildman–Crippen MR) is 68.5 cm³/mol. The summed E-state index contributed by atoms with van der Waals surface area (Å²) in [5.41, 5.74) is 1.69. The number of nitrogens with one attached hydrogen (secondary N) is 1. The number of anilines is 1. The van der Waals surface area contributed by atoms with Crippen molar-refractivity contribution in [1.29, 1.82) is 0 Å². The van der Waals surface area contributed by atoms with Crippen LogP contribution in [0.1, 0.15) is 5.56 Å². The van der Waals surface area contributed by atoms with E-state index < -0.39 is 13.0 Å². The van der Waals surface area contributed by atoms with Gasteiger partial charge in [0, 0.05) is 25.4 Å². The maximum atomic E-state index is 12.1. The minimum atomic E-state index is -2.48. The molecule has 4 nitrogen and oxygen atoms in total. The smallest absolute Gasteiger partial charge is 0.272 e. The minimum absolute atomic E-state index is 0.423. The van der Waals surface area contributed by atoms with E-state index in [0.29, 0.717) is 18.0 Å². The lowest BCUT2D eigenvalue weighted by molar-refractivity contribution is 0.0822. The van der Waals surface area contributed by atoms with E-state index in [-0.39, 0.29) is 0 Å². The molecule has 0 amide bonds. The van der Waals surface area contributed by atoms with Gasteiger partial charge in [-0.15, -0.1) is 0 Å². The Kier molecular flexibility index (Phi) is 4.33. The highest BCUT2D eigenvalue weighted by Crippen LogP contribution is 2.24. The number of para-hydroxylation sites is 2. The molecule has 6 heteroatoms. The quantitative estimate of drug-likeness (QED) is 0.874. The van der Waals surface area contributed by atoms with E-state index in [2.05, 4.69) is 10.4 Å². The summed E-state index contributed by atoms with van der Waals surface area (Å²) in [4.78, 5) is 0. The van der Waals surface area contributed by atoms with Gasteiger partial charge in [-0.3, -0.25) is 4.68 Å². The number of hydrogen-bond donors (Lipinski definition) is 1. The van der Waals surface area contributed by atoms with Gasteiger partial charge in [-0.1, -0.05) is 12.1 Å². The van der Waals surface area contributed by atoms with Gasteiger partial charge in [0.15, 0.2) is 0 Å². The Bertz CT molecular complexity index is 528. The van der Waals surface area contributed by atoms with Crippen molar-refractivity contribution in [2.24, 2.45) is 7.05 Å². The molecule has 0 aliphatic heterocycles. The molecule has 2 rings (SSSR count). The van der Waals surface area contributed by atoms with Crippen LogP contribution in [-0.4, -0.2) is 22.8 Å². The lowest BCUT2D eigenvalue weighted by Gasteiger charge is -2.12. The average Bonchev–Trinajstić information content (AvgIpc) is 2.80. The molecule has 0 atom stereocenters. The van der Waals surface area contributed by atoms with E-state index in [1.165, 1.54) is 0 Å². The SMILES string of the molecule is Cn1cc(CNc2ccccc2OCC(F)F)cn1. The molecule has 0 bridgehead atoms. The van der Waals surface area contributed by atoms with Gasteiger partial charge >= 0.3 is 0 Å². The summed E-state index contributed by atoms with van der Waals surface area (Å²) >= 11 is 0. The molecule has 0 spiro atoms. The largest absolute Gasteiger partial charge is 0.485 e. The third kappa shape index (κ3) is 3.94.